The minimum atomic E-state index is -1.49. The molecule has 8 heteroatoms. The summed E-state index contributed by atoms with van der Waals surface area (Å²) in [6, 6.07) is 2.25. The summed E-state index contributed by atoms with van der Waals surface area (Å²) in [6.07, 6.45) is -3.40. The van der Waals surface area contributed by atoms with Gasteiger partial charge in [-0.1, -0.05) is 0 Å². The Kier molecular flexibility index (Phi) is 6.80. The summed E-state index contributed by atoms with van der Waals surface area (Å²) >= 11 is 0. The number of ether oxygens (including phenoxy) is 2. The van der Waals surface area contributed by atoms with Crippen molar-refractivity contribution in [2.45, 2.75) is 45.0 Å². The molecule has 1 aromatic carbocycles. The van der Waals surface area contributed by atoms with E-state index in [2.05, 4.69) is 5.32 Å². The van der Waals surface area contributed by atoms with Crippen molar-refractivity contribution in [3.63, 3.8) is 0 Å². The zero-order valence-electron chi connectivity index (χ0n) is 14.3. The summed E-state index contributed by atoms with van der Waals surface area (Å²) in [5.41, 5.74) is 4.89. The number of nitrogens with one attached hydrogen (secondary N) is 1. The highest BCUT2D eigenvalue weighted by Crippen LogP contribution is 2.30. The zero-order chi connectivity index (χ0) is 18.5. The van der Waals surface area contributed by atoms with E-state index in [1.54, 1.807) is 20.8 Å². The monoisotopic (exact) mass is 344 g/mol. The van der Waals surface area contributed by atoms with Crippen LogP contribution in [0.4, 0.5) is 14.9 Å². The van der Waals surface area contributed by atoms with Crippen LogP contribution in [0.2, 0.25) is 0 Å². The molecule has 1 amide bonds. The second kappa shape index (κ2) is 8.16. The number of rotatable bonds is 6. The van der Waals surface area contributed by atoms with E-state index in [-0.39, 0.29) is 30.0 Å². The quantitative estimate of drug-likeness (QED) is 0.584. The van der Waals surface area contributed by atoms with Gasteiger partial charge in [0, 0.05) is 18.2 Å². The lowest BCUT2D eigenvalue weighted by molar-refractivity contribution is 0.0103. The molecular formula is C16H25FN2O5. The van der Waals surface area contributed by atoms with Crippen LogP contribution in [0.15, 0.2) is 12.1 Å². The van der Waals surface area contributed by atoms with E-state index < -0.39 is 29.7 Å². The highest BCUT2D eigenvalue weighted by atomic mass is 19.1. The van der Waals surface area contributed by atoms with E-state index in [1.165, 1.54) is 13.2 Å². The molecule has 0 saturated carbocycles. The zero-order valence-corrected chi connectivity index (χ0v) is 14.3. The number of hydrogen-bond acceptors (Lipinski definition) is 6. The second-order valence-corrected chi connectivity index (χ2v) is 6.35. The molecule has 0 aliphatic carbocycles. The van der Waals surface area contributed by atoms with Crippen molar-refractivity contribution in [3.05, 3.63) is 23.5 Å². The van der Waals surface area contributed by atoms with Crippen molar-refractivity contribution >= 4 is 11.8 Å². The van der Waals surface area contributed by atoms with Gasteiger partial charge in [-0.2, -0.15) is 0 Å². The number of methoxy groups -OCH3 is 1. The SMILES string of the molecule is COc1cc(C(O)C(O)CCNC(=O)OC(C)(C)C)c(F)cc1N. The summed E-state index contributed by atoms with van der Waals surface area (Å²) in [5, 5.41) is 22.5. The number of carbonyl (C=O) groups excluding carboxylic acids is 1. The lowest BCUT2D eigenvalue weighted by atomic mass is 10.0. The van der Waals surface area contributed by atoms with E-state index in [0.29, 0.717) is 0 Å². The fraction of sp³-hybridized carbons (Fsp3) is 0.562. The Morgan fingerprint density at radius 2 is 2.00 bits per heavy atom. The molecule has 0 aliphatic rings. The van der Waals surface area contributed by atoms with E-state index in [9.17, 15) is 19.4 Å². The molecule has 0 aromatic heterocycles. The molecule has 7 nitrogen and oxygen atoms in total. The number of nitrogen functional groups attached to an aromatic ring is 1. The van der Waals surface area contributed by atoms with Crippen molar-refractivity contribution < 1.29 is 28.9 Å². The van der Waals surface area contributed by atoms with Crippen molar-refractivity contribution in [3.8, 4) is 5.75 Å². The Balaban J connectivity index is 2.62. The lowest BCUT2D eigenvalue weighted by Crippen LogP contribution is -2.34. The number of nitrogens with two attached hydrogens (primary N) is 1. The van der Waals surface area contributed by atoms with Gasteiger partial charge in [0.05, 0.1) is 18.9 Å². The van der Waals surface area contributed by atoms with Gasteiger partial charge in [-0.15, -0.1) is 0 Å². The number of anilines is 1. The summed E-state index contributed by atoms with van der Waals surface area (Å²) < 4.78 is 23.9. The van der Waals surface area contributed by atoms with E-state index in [0.717, 1.165) is 6.07 Å². The minimum Gasteiger partial charge on any atom is -0.495 e. The van der Waals surface area contributed by atoms with Gasteiger partial charge < -0.3 is 30.7 Å². The number of amides is 1. The molecule has 0 bridgehead atoms. The van der Waals surface area contributed by atoms with Crippen LogP contribution in [-0.2, 0) is 4.74 Å². The summed E-state index contributed by atoms with van der Waals surface area (Å²) in [4.78, 5) is 11.5. The van der Waals surface area contributed by atoms with E-state index in [4.69, 9.17) is 15.2 Å². The van der Waals surface area contributed by atoms with Gasteiger partial charge in [-0.3, -0.25) is 0 Å². The van der Waals surface area contributed by atoms with Gasteiger partial charge in [0.15, 0.2) is 0 Å². The standard InChI is InChI=1S/C16H25FN2O5/c1-16(2,3)24-15(22)19-6-5-12(20)14(21)9-7-13(23-4)11(18)8-10(9)17/h7-8,12,14,20-21H,5-6,18H2,1-4H3,(H,19,22). The number of carbonyl (C=O) groups is 1. The number of alkyl carbamates (subject to hydrolysis) is 1. The molecule has 2 unspecified atom stereocenters. The third-order valence-electron chi connectivity index (χ3n) is 3.14. The van der Waals surface area contributed by atoms with E-state index in [1.807, 2.05) is 0 Å². The van der Waals surface area contributed by atoms with Crippen LogP contribution < -0.4 is 15.8 Å². The Morgan fingerprint density at radius 3 is 2.54 bits per heavy atom. The lowest BCUT2D eigenvalue weighted by Gasteiger charge is -2.22. The maximum absolute atomic E-state index is 13.9. The molecule has 0 saturated heterocycles. The molecular weight excluding hydrogens is 319 g/mol. The van der Waals surface area contributed by atoms with Crippen molar-refractivity contribution in [2.24, 2.45) is 0 Å². The summed E-state index contributed by atoms with van der Waals surface area (Å²) in [7, 11) is 1.36. The number of benzene rings is 1. The first-order chi connectivity index (χ1) is 11.0. The second-order valence-electron chi connectivity index (χ2n) is 6.35. The van der Waals surface area contributed by atoms with Gasteiger partial charge in [0.1, 0.15) is 23.3 Å². The Hall–Kier alpha value is -2.06. The van der Waals surface area contributed by atoms with Crippen molar-refractivity contribution in [1.82, 2.24) is 5.32 Å². The van der Waals surface area contributed by atoms with E-state index >= 15 is 0 Å². The first kappa shape index (κ1) is 20.0. The minimum absolute atomic E-state index is 0.00649. The molecule has 0 aliphatic heterocycles. The molecule has 0 radical (unpaired) electrons. The average Bonchev–Trinajstić information content (AvgIpc) is 2.44. The van der Waals surface area contributed by atoms with Crippen molar-refractivity contribution in [1.29, 1.82) is 0 Å². The molecule has 1 rings (SSSR count). The third-order valence-corrected chi connectivity index (χ3v) is 3.14. The van der Waals surface area contributed by atoms with Crippen molar-refractivity contribution in [2.75, 3.05) is 19.4 Å². The third kappa shape index (κ3) is 5.86. The van der Waals surface area contributed by atoms with Gasteiger partial charge in [-0.05, 0) is 33.3 Å². The number of aliphatic hydroxyl groups is 2. The topological polar surface area (TPSA) is 114 Å². The predicted molar refractivity (Wildman–Crippen MR) is 87.2 cm³/mol. The average molecular weight is 344 g/mol. The van der Waals surface area contributed by atoms with Crippen LogP contribution in [0.1, 0.15) is 38.9 Å². The molecule has 2 atom stereocenters. The maximum atomic E-state index is 13.9. The fourth-order valence-corrected chi connectivity index (χ4v) is 1.99. The Bertz CT molecular complexity index is 574. The largest absolute Gasteiger partial charge is 0.495 e. The van der Waals surface area contributed by atoms with Crippen LogP contribution in [0.5, 0.6) is 5.75 Å². The van der Waals surface area contributed by atoms with Crippen LogP contribution in [0, 0.1) is 5.82 Å². The predicted octanol–water partition coefficient (Wildman–Crippen LogP) is 1.73. The summed E-state index contributed by atoms with van der Waals surface area (Å²) in [5.74, 6) is -0.551. The Morgan fingerprint density at radius 1 is 1.38 bits per heavy atom. The van der Waals surface area contributed by atoms with Gasteiger partial charge in [0.25, 0.3) is 0 Å². The van der Waals surface area contributed by atoms with Crippen LogP contribution >= 0.6 is 0 Å². The molecule has 5 N–H and O–H groups in total. The maximum Gasteiger partial charge on any atom is 0.407 e. The molecule has 0 heterocycles. The first-order valence-electron chi connectivity index (χ1n) is 7.51. The molecule has 24 heavy (non-hydrogen) atoms. The van der Waals surface area contributed by atoms with Gasteiger partial charge in [0.2, 0.25) is 0 Å². The smallest absolute Gasteiger partial charge is 0.407 e. The summed E-state index contributed by atoms with van der Waals surface area (Å²) in [6.45, 7) is 5.23. The number of hydrogen-bond donors (Lipinski definition) is 4. The van der Waals surface area contributed by atoms with Gasteiger partial charge in [-0.25, -0.2) is 9.18 Å². The highest BCUT2D eigenvalue weighted by molar-refractivity contribution is 5.67. The van der Waals surface area contributed by atoms with Crippen LogP contribution in [0.3, 0.4) is 0 Å². The highest BCUT2D eigenvalue weighted by Gasteiger charge is 2.24. The molecule has 136 valence electrons. The van der Waals surface area contributed by atoms with Gasteiger partial charge >= 0.3 is 6.09 Å². The Labute approximate surface area is 140 Å². The molecule has 0 spiro atoms. The van der Waals surface area contributed by atoms with Crippen LogP contribution in [-0.4, -0.2) is 41.7 Å². The fourth-order valence-electron chi connectivity index (χ4n) is 1.99. The first-order valence-corrected chi connectivity index (χ1v) is 7.51. The normalized spacial score (nSPS) is 14.0. The molecule has 0 fully saturated rings. The van der Waals surface area contributed by atoms with Crippen LogP contribution in [0.25, 0.3) is 0 Å². The molecule has 1 aromatic rings. The number of halogens is 1. The number of aliphatic hydroxyl groups excluding tert-OH is 2.